The molecule has 0 radical (unpaired) electrons. The molecule has 1 fully saturated rings. The monoisotopic (exact) mass is 481 g/mol. The van der Waals surface area contributed by atoms with E-state index in [4.69, 9.17) is 4.74 Å². The van der Waals surface area contributed by atoms with Crippen molar-refractivity contribution in [1.82, 2.24) is 9.58 Å². The third-order valence-corrected chi connectivity index (χ3v) is 7.93. The van der Waals surface area contributed by atoms with E-state index in [0.29, 0.717) is 29.8 Å². The second kappa shape index (κ2) is 7.95. The van der Waals surface area contributed by atoms with Crippen LogP contribution < -0.4 is 10.4 Å². The van der Waals surface area contributed by atoms with Crippen LogP contribution >= 0.6 is 11.8 Å². The van der Waals surface area contributed by atoms with Crippen LogP contribution in [0.4, 0.5) is 8.78 Å². The second-order valence-corrected chi connectivity index (χ2v) is 9.61. The zero-order chi connectivity index (χ0) is 23.6. The van der Waals surface area contributed by atoms with E-state index in [9.17, 15) is 14.0 Å². The summed E-state index contributed by atoms with van der Waals surface area (Å²) in [6, 6.07) is 11.4. The van der Waals surface area contributed by atoms with E-state index in [2.05, 4.69) is 0 Å². The molecule has 0 N–H and O–H groups in total. The number of aromatic nitrogens is 1. The molecule has 2 aromatic carbocycles. The fourth-order valence-electron chi connectivity index (χ4n) is 5.15. The van der Waals surface area contributed by atoms with Crippen molar-refractivity contribution in [3.05, 3.63) is 98.5 Å². The van der Waals surface area contributed by atoms with Gasteiger partial charge in [0.2, 0.25) is 0 Å². The molecule has 3 aliphatic rings. The van der Waals surface area contributed by atoms with Crippen LogP contribution in [0.1, 0.15) is 38.8 Å². The number of carbonyl (C=O) groups is 1. The van der Waals surface area contributed by atoms with Gasteiger partial charge in [0.05, 0.1) is 19.3 Å². The SMILES string of the molecule is Cc1c2n(ccc1=O)N([C@@H]1c3ccccc3SCc3c1ccc(F)c3F)[C@@H]1COCCN1C2=O. The lowest BCUT2D eigenvalue weighted by molar-refractivity contribution is -0.0195. The average molecular weight is 482 g/mol. The van der Waals surface area contributed by atoms with Crippen molar-refractivity contribution in [2.75, 3.05) is 24.8 Å². The lowest BCUT2D eigenvalue weighted by atomic mass is 9.93. The van der Waals surface area contributed by atoms with Crippen LogP contribution in [0.3, 0.4) is 0 Å². The van der Waals surface area contributed by atoms with Crippen molar-refractivity contribution in [1.29, 1.82) is 0 Å². The van der Waals surface area contributed by atoms with Crippen LogP contribution in [-0.2, 0) is 10.5 Å². The minimum absolute atomic E-state index is 0.225. The smallest absolute Gasteiger partial charge is 0.274 e. The van der Waals surface area contributed by atoms with Crippen molar-refractivity contribution in [3.8, 4) is 0 Å². The summed E-state index contributed by atoms with van der Waals surface area (Å²) in [6.07, 6.45) is 1.10. The molecule has 0 spiro atoms. The molecule has 1 saturated heterocycles. The van der Waals surface area contributed by atoms with Crippen LogP contribution in [0.25, 0.3) is 0 Å². The molecule has 6 nitrogen and oxygen atoms in total. The maximum Gasteiger partial charge on any atom is 0.274 e. The van der Waals surface area contributed by atoms with Crippen molar-refractivity contribution in [2.45, 2.75) is 29.8 Å². The number of rotatable bonds is 1. The van der Waals surface area contributed by atoms with Gasteiger partial charge in [-0.2, -0.15) is 0 Å². The summed E-state index contributed by atoms with van der Waals surface area (Å²) in [4.78, 5) is 28.6. The molecule has 3 aliphatic heterocycles. The highest BCUT2D eigenvalue weighted by Gasteiger charge is 2.45. The first-order chi connectivity index (χ1) is 16.5. The Kier molecular flexibility index (Phi) is 5.00. The highest BCUT2D eigenvalue weighted by atomic mass is 32.2. The van der Waals surface area contributed by atoms with Crippen molar-refractivity contribution < 1.29 is 18.3 Å². The minimum atomic E-state index is -0.889. The van der Waals surface area contributed by atoms with Crippen molar-refractivity contribution in [3.63, 3.8) is 0 Å². The highest BCUT2D eigenvalue weighted by Crippen LogP contribution is 2.44. The van der Waals surface area contributed by atoms with Gasteiger partial charge in [-0.25, -0.2) is 8.78 Å². The maximum atomic E-state index is 15.1. The number of fused-ring (bicyclic) bond motifs is 4. The van der Waals surface area contributed by atoms with E-state index in [1.165, 1.54) is 17.8 Å². The molecule has 3 aromatic rings. The zero-order valence-corrected chi connectivity index (χ0v) is 19.1. The van der Waals surface area contributed by atoms with Crippen LogP contribution in [0.2, 0.25) is 0 Å². The number of hydrogen-bond acceptors (Lipinski definition) is 5. The highest BCUT2D eigenvalue weighted by molar-refractivity contribution is 7.98. The van der Waals surface area contributed by atoms with Gasteiger partial charge in [-0.15, -0.1) is 11.8 Å². The third-order valence-electron chi connectivity index (χ3n) is 6.82. The number of nitrogens with zero attached hydrogens (tertiary/aromatic N) is 3. The lowest BCUT2D eigenvalue weighted by Crippen LogP contribution is -2.66. The average Bonchev–Trinajstić information content (AvgIpc) is 3.01. The Labute approximate surface area is 198 Å². The van der Waals surface area contributed by atoms with Gasteiger partial charge in [0.1, 0.15) is 11.9 Å². The number of morpholine rings is 1. The number of ether oxygens (including phenoxy) is 1. The lowest BCUT2D eigenvalue weighted by Gasteiger charge is -2.51. The number of pyridine rings is 1. The summed E-state index contributed by atoms with van der Waals surface area (Å²) in [5.74, 6) is -1.70. The number of thioether (sulfide) groups is 1. The van der Waals surface area contributed by atoms with Crippen LogP contribution in [0, 0.1) is 18.6 Å². The normalized spacial score (nSPS) is 21.3. The van der Waals surface area contributed by atoms with E-state index in [1.807, 2.05) is 29.3 Å². The molecule has 4 heterocycles. The maximum absolute atomic E-state index is 15.1. The minimum Gasteiger partial charge on any atom is -0.375 e. The first-order valence-electron chi connectivity index (χ1n) is 11.1. The number of amides is 1. The van der Waals surface area contributed by atoms with E-state index in [-0.39, 0.29) is 29.4 Å². The molecule has 9 heteroatoms. The van der Waals surface area contributed by atoms with Gasteiger partial charge in [0, 0.05) is 40.6 Å². The zero-order valence-electron chi connectivity index (χ0n) is 18.3. The Hall–Kier alpha value is -3.17. The molecule has 0 aliphatic carbocycles. The Bertz CT molecular complexity index is 1390. The molecule has 34 heavy (non-hydrogen) atoms. The summed E-state index contributed by atoms with van der Waals surface area (Å²) < 4.78 is 36.9. The Morgan fingerprint density at radius 2 is 1.88 bits per heavy atom. The van der Waals surface area contributed by atoms with Crippen molar-refractivity contribution >= 4 is 17.7 Å². The van der Waals surface area contributed by atoms with Crippen LogP contribution in [0.15, 0.2) is 58.4 Å². The number of hydrogen-bond donors (Lipinski definition) is 0. The second-order valence-electron chi connectivity index (χ2n) is 8.59. The van der Waals surface area contributed by atoms with Gasteiger partial charge in [0.25, 0.3) is 5.91 Å². The summed E-state index contributed by atoms with van der Waals surface area (Å²) in [5.41, 5.74) is 2.24. The van der Waals surface area contributed by atoms with Gasteiger partial charge in [-0.3, -0.25) is 19.3 Å². The molecule has 2 atom stereocenters. The molecule has 1 aromatic heterocycles. The standard InChI is InChI=1S/C25H21F2N3O3S/c1-14-19(31)8-9-29-23(14)25(32)28-10-11-33-12-21(28)30(29)24-15-6-7-18(26)22(27)17(15)13-34-20-5-3-2-4-16(20)24/h2-9,21,24H,10-13H2,1H3/t21-,24+/m1/s1. The predicted octanol–water partition coefficient (Wildman–Crippen LogP) is 3.58. The predicted molar refractivity (Wildman–Crippen MR) is 124 cm³/mol. The third kappa shape index (κ3) is 3.03. The number of carbonyl (C=O) groups excluding carboxylic acids is 1. The summed E-state index contributed by atoms with van der Waals surface area (Å²) in [5, 5.41) is 1.98. The van der Waals surface area contributed by atoms with Gasteiger partial charge < -0.3 is 9.64 Å². The molecule has 0 saturated carbocycles. The molecule has 6 rings (SSSR count). The van der Waals surface area contributed by atoms with Gasteiger partial charge in [-0.05, 0) is 30.2 Å². The molecule has 0 unspecified atom stereocenters. The van der Waals surface area contributed by atoms with E-state index in [1.54, 1.807) is 28.8 Å². The first-order valence-corrected chi connectivity index (χ1v) is 12.0. The molecular weight excluding hydrogens is 460 g/mol. The Balaban J connectivity index is 1.67. The van der Waals surface area contributed by atoms with Crippen molar-refractivity contribution in [2.24, 2.45) is 0 Å². The summed E-state index contributed by atoms with van der Waals surface area (Å²) in [7, 11) is 0. The topological polar surface area (TPSA) is 54.8 Å². The Morgan fingerprint density at radius 3 is 2.74 bits per heavy atom. The molecule has 0 bridgehead atoms. The number of halogens is 2. The van der Waals surface area contributed by atoms with Crippen LogP contribution in [-0.4, -0.2) is 41.4 Å². The van der Waals surface area contributed by atoms with Gasteiger partial charge in [0.15, 0.2) is 17.1 Å². The van der Waals surface area contributed by atoms with Gasteiger partial charge in [-0.1, -0.05) is 24.3 Å². The first kappa shape index (κ1) is 21.4. The molecule has 174 valence electrons. The summed E-state index contributed by atoms with van der Waals surface area (Å²) >= 11 is 1.46. The fraction of sp³-hybridized carbons (Fsp3) is 0.280. The molecule has 1 amide bonds. The van der Waals surface area contributed by atoms with Crippen LogP contribution in [0.5, 0.6) is 0 Å². The van der Waals surface area contributed by atoms with E-state index >= 15 is 4.39 Å². The van der Waals surface area contributed by atoms with E-state index in [0.717, 1.165) is 16.5 Å². The largest absolute Gasteiger partial charge is 0.375 e. The fourth-order valence-corrected chi connectivity index (χ4v) is 6.27. The quantitative estimate of drug-likeness (QED) is 0.532. The van der Waals surface area contributed by atoms with Gasteiger partial charge >= 0.3 is 0 Å². The Morgan fingerprint density at radius 1 is 1.06 bits per heavy atom. The molecular formula is C25H21F2N3O3S. The number of benzene rings is 2. The summed E-state index contributed by atoms with van der Waals surface area (Å²) in [6.45, 7) is 2.65. The van der Waals surface area contributed by atoms with E-state index < -0.39 is 23.8 Å².